The van der Waals surface area contributed by atoms with Gasteiger partial charge in [-0.2, -0.15) is 0 Å². The van der Waals surface area contributed by atoms with Crippen LogP contribution in [0.3, 0.4) is 0 Å². The fourth-order valence-corrected chi connectivity index (χ4v) is 4.17. The molecule has 0 amide bonds. The first-order chi connectivity index (χ1) is 10.7. The Balaban J connectivity index is 1.71. The molecule has 0 saturated heterocycles. The predicted molar refractivity (Wildman–Crippen MR) is 82.6 cm³/mol. The summed E-state index contributed by atoms with van der Waals surface area (Å²) in [6.45, 7) is 0.665. The summed E-state index contributed by atoms with van der Waals surface area (Å²) in [7, 11) is 1.48. The molecule has 3 nitrogen and oxygen atoms in total. The van der Waals surface area contributed by atoms with Gasteiger partial charge in [0.2, 0.25) is 0 Å². The van der Waals surface area contributed by atoms with Gasteiger partial charge < -0.3 is 10.1 Å². The van der Waals surface area contributed by atoms with E-state index in [2.05, 4.69) is 5.32 Å². The summed E-state index contributed by atoms with van der Waals surface area (Å²) in [6.07, 6.45) is 5.77. The minimum Gasteiger partial charge on any atom is -0.469 e. The third kappa shape index (κ3) is 3.32. The average Bonchev–Trinajstić information content (AvgIpc) is 2.83. The summed E-state index contributed by atoms with van der Waals surface area (Å²) in [4.78, 5) is 12.3. The van der Waals surface area contributed by atoms with Gasteiger partial charge in [0, 0.05) is 12.6 Å². The minimum atomic E-state index is -0.219. The van der Waals surface area contributed by atoms with Gasteiger partial charge in [-0.1, -0.05) is 25.0 Å². The first-order valence-electron chi connectivity index (χ1n) is 8.23. The van der Waals surface area contributed by atoms with Crippen molar-refractivity contribution in [2.24, 2.45) is 17.8 Å². The lowest BCUT2D eigenvalue weighted by molar-refractivity contribution is -0.148. The van der Waals surface area contributed by atoms with E-state index in [1.807, 2.05) is 0 Å². The number of nitrogens with one attached hydrogen (secondary N) is 1. The van der Waals surface area contributed by atoms with E-state index in [9.17, 15) is 9.18 Å². The van der Waals surface area contributed by atoms with E-state index in [4.69, 9.17) is 4.74 Å². The molecule has 4 rings (SSSR count). The zero-order valence-corrected chi connectivity index (χ0v) is 13.1. The monoisotopic (exact) mass is 305 g/mol. The number of rotatable bonds is 4. The van der Waals surface area contributed by atoms with Crippen LogP contribution in [0.2, 0.25) is 0 Å². The summed E-state index contributed by atoms with van der Waals surface area (Å²) >= 11 is 0. The van der Waals surface area contributed by atoms with Crippen LogP contribution in [-0.2, 0) is 16.1 Å². The Morgan fingerprint density at radius 2 is 1.91 bits per heavy atom. The Hall–Kier alpha value is -1.42. The van der Waals surface area contributed by atoms with E-state index < -0.39 is 0 Å². The molecule has 3 fully saturated rings. The lowest BCUT2D eigenvalue weighted by Gasteiger charge is -2.29. The van der Waals surface area contributed by atoms with E-state index in [0.717, 1.165) is 30.7 Å². The van der Waals surface area contributed by atoms with Crippen LogP contribution in [0, 0.1) is 23.6 Å². The second kappa shape index (κ2) is 6.78. The van der Waals surface area contributed by atoms with Crippen LogP contribution in [-0.4, -0.2) is 19.1 Å². The van der Waals surface area contributed by atoms with Crippen molar-refractivity contribution in [1.29, 1.82) is 0 Å². The van der Waals surface area contributed by atoms with Crippen LogP contribution in [0.15, 0.2) is 24.3 Å². The smallest absolute Gasteiger partial charge is 0.310 e. The van der Waals surface area contributed by atoms with Gasteiger partial charge >= 0.3 is 5.97 Å². The van der Waals surface area contributed by atoms with Crippen molar-refractivity contribution < 1.29 is 13.9 Å². The lowest BCUT2D eigenvalue weighted by atomic mass is 9.80. The minimum absolute atomic E-state index is 0.0436. The van der Waals surface area contributed by atoms with Crippen LogP contribution in [0.25, 0.3) is 0 Å². The summed E-state index contributed by atoms with van der Waals surface area (Å²) < 4.78 is 18.0. The van der Waals surface area contributed by atoms with Crippen molar-refractivity contribution in [3.05, 3.63) is 35.6 Å². The number of ether oxygens (including phenoxy) is 1. The van der Waals surface area contributed by atoms with Gasteiger partial charge in [0.25, 0.3) is 0 Å². The largest absolute Gasteiger partial charge is 0.469 e. The van der Waals surface area contributed by atoms with E-state index in [0.29, 0.717) is 12.5 Å². The lowest BCUT2D eigenvalue weighted by Crippen LogP contribution is -2.42. The maximum absolute atomic E-state index is 13.0. The van der Waals surface area contributed by atoms with E-state index >= 15 is 0 Å². The number of methoxy groups -OCH3 is 1. The topological polar surface area (TPSA) is 38.3 Å². The summed E-state index contributed by atoms with van der Waals surface area (Å²) in [5.41, 5.74) is 1.04. The number of hydrogen-bond acceptors (Lipinski definition) is 3. The highest BCUT2D eigenvalue weighted by atomic mass is 19.1. The van der Waals surface area contributed by atoms with Gasteiger partial charge in [0.15, 0.2) is 0 Å². The number of halogens is 1. The Bertz CT molecular complexity index is 508. The predicted octanol–water partition coefficient (Wildman–Crippen LogP) is 3.28. The second-order valence-electron chi connectivity index (χ2n) is 6.68. The van der Waals surface area contributed by atoms with E-state index in [1.54, 1.807) is 12.1 Å². The zero-order valence-electron chi connectivity index (χ0n) is 13.1. The van der Waals surface area contributed by atoms with Crippen molar-refractivity contribution in [3.63, 3.8) is 0 Å². The van der Waals surface area contributed by atoms with Gasteiger partial charge in [-0.15, -0.1) is 0 Å². The first-order valence-corrected chi connectivity index (χ1v) is 8.23. The molecule has 3 saturated carbocycles. The molecule has 0 radical (unpaired) electrons. The third-order valence-electron chi connectivity index (χ3n) is 5.38. The Labute approximate surface area is 131 Å². The Morgan fingerprint density at radius 3 is 2.55 bits per heavy atom. The second-order valence-corrected chi connectivity index (χ2v) is 6.68. The molecule has 3 aliphatic carbocycles. The SMILES string of the molecule is COC(=O)C1C2CCC(CC2)CC1NCc1ccc(F)cc1. The summed E-state index contributed by atoms with van der Waals surface area (Å²) in [5, 5.41) is 3.54. The quantitative estimate of drug-likeness (QED) is 0.868. The van der Waals surface area contributed by atoms with Crippen LogP contribution < -0.4 is 5.32 Å². The molecule has 2 unspecified atom stereocenters. The van der Waals surface area contributed by atoms with Crippen molar-refractivity contribution in [2.45, 2.75) is 44.7 Å². The van der Waals surface area contributed by atoms with Crippen molar-refractivity contribution >= 4 is 5.97 Å². The molecule has 0 spiro atoms. The number of carbonyl (C=O) groups excluding carboxylic acids is 1. The molecule has 4 heteroatoms. The fourth-order valence-electron chi connectivity index (χ4n) is 4.17. The molecule has 3 aliphatic rings. The number of benzene rings is 1. The standard InChI is InChI=1S/C18H24FNO2/c1-22-18(21)17-14-6-2-12(3-7-14)10-16(17)20-11-13-4-8-15(19)9-5-13/h4-5,8-9,12,14,16-17,20H,2-3,6-7,10-11H2,1H3. The number of esters is 1. The Kier molecular flexibility index (Phi) is 4.77. The first kappa shape index (κ1) is 15.5. The molecule has 0 heterocycles. The maximum atomic E-state index is 13.0. The van der Waals surface area contributed by atoms with Crippen molar-refractivity contribution in [2.75, 3.05) is 7.11 Å². The van der Waals surface area contributed by atoms with E-state index in [1.165, 1.54) is 32.1 Å². The summed E-state index contributed by atoms with van der Waals surface area (Å²) in [5.74, 6) is 0.819. The normalized spacial score (nSPS) is 30.8. The van der Waals surface area contributed by atoms with Crippen LogP contribution in [0.5, 0.6) is 0 Å². The molecule has 22 heavy (non-hydrogen) atoms. The highest BCUT2D eigenvalue weighted by Crippen LogP contribution is 2.43. The van der Waals surface area contributed by atoms with Gasteiger partial charge in [-0.25, -0.2) is 4.39 Å². The van der Waals surface area contributed by atoms with Crippen LogP contribution in [0.4, 0.5) is 4.39 Å². The van der Waals surface area contributed by atoms with Crippen LogP contribution in [0.1, 0.15) is 37.7 Å². The number of carbonyl (C=O) groups is 1. The maximum Gasteiger partial charge on any atom is 0.310 e. The summed E-state index contributed by atoms with van der Waals surface area (Å²) in [6, 6.07) is 6.70. The molecule has 0 aliphatic heterocycles. The number of fused-ring (bicyclic) bond motifs is 4. The van der Waals surface area contributed by atoms with Gasteiger partial charge in [0.05, 0.1) is 13.0 Å². The van der Waals surface area contributed by atoms with E-state index in [-0.39, 0.29) is 23.7 Å². The molecule has 1 aromatic carbocycles. The number of hydrogen-bond donors (Lipinski definition) is 1. The Morgan fingerprint density at radius 1 is 1.23 bits per heavy atom. The molecule has 2 bridgehead atoms. The zero-order chi connectivity index (χ0) is 15.5. The molecule has 120 valence electrons. The molecule has 1 N–H and O–H groups in total. The van der Waals surface area contributed by atoms with Crippen molar-refractivity contribution in [3.8, 4) is 0 Å². The molecular weight excluding hydrogens is 281 g/mol. The van der Waals surface area contributed by atoms with Gasteiger partial charge in [0.1, 0.15) is 5.82 Å². The molecule has 0 aromatic heterocycles. The van der Waals surface area contributed by atoms with Gasteiger partial charge in [-0.05, 0) is 48.8 Å². The average molecular weight is 305 g/mol. The van der Waals surface area contributed by atoms with Crippen molar-refractivity contribution in [1.82, 2.24) is 5.32 Å². The van der Waals surface area contributed by atoms with Crippen LogP contribution >= 0.6 is 0 Å². The van der Waals surface area contributed by atoms with Gasteiger partial charge in [-0.3, -0.25) is 4.79 Å². The molecule has 1 aromatic rings. The molecule has 2 atom stereocenters. The molecular formula is C18H24FNO2. The third-order valence-corrected chi connectivity index (χ3v) is 5.38. The highest BCUT2D eigenvalue weighted by molar-refractivity contribution is 5.73. The fraction of sp³-hybridized carbons (Fsp3) is 0.611. The highest BCUT2D eigenvalue weighted by Gasteiger charge is 2.42.